The molecule has 2 amide bonds. The number of hydrogen-bond acceptors (Lipinski definition) is 9. The number of amides is 2. The molecule has 1 aliphatic heterocycles. The maximum Gasteiger partial charge on any atom is 0.411 e. The first-order chi connectivity index (χ1) is 17.0. The van der Waals surface area contributed by atoms with E-state index in [1.54, 1.807) is 28.9 Å². The number of benzene rings is 1. The van der Waals surface area contributed by atoms with Gasteiger partial charge in [0.1, 0.15) is 5.82 Å². The predicted molar refractivity (Wildman–Crippen MR) is 131 cm³/mol. The van der Waals surface area contributed by atoms with E-state index in [2.05, 4.69) is 31.3 Å². The van der Waals surface area contributed by atoms with E-state index < -0.39 is 6.09 Å². The standard InChI is InChI=1S/C23H28N8O4/c1-34-23(33)29-17-9-13(22(32)28-15-4-6-35-7-5-15)8-16(10-17)27-20-11-18(26-14-2-3-14)21-25-12-19(24)31(21)30-20/h8-12,14-15,26H,2-7,24H2,1H3,(H,27,30)(H,28,32)(H,29,33). The summed E-state index contributed by atoms with van der Waals surface area (Å²) in [6.07, 6.45) is 4.62. The van der Waals surface area contributed by atoms with Gasteiger partial charge in [0.05, 0.1) is 19.0 Å². The Bertz CT molecular complexity index is 1250. The lowest BCUT2D eigenvalue weighted by Crippen LogP contribution is -2.38. The van der Waals surface area contributed by atoms with Gasteiger partial charge in [-0.3, -0.25) is 10.1 Å². The minimum atomic E-state index is -0.639. The van der Waals surface area contributed by atoms with Crippen molar-refractivity contribution in [3.8, 4) is 0 Å². The van der Waals surface area contributed by atoms with E-state index in [9.17, 15) is 9.59 Å². The van der Waals surface area contributed by atoms with Gasteiger partial charge in [0, 0.05) is 48.3 Å². The van der Waals surface area contributed by atoms with Gasteiger partial charge < -0.3 is 31.2 Å². The normalized spacial score (nSPS) is 16.0. The van der Waals surface area contributed by atoms with Crippen molar-refractivity contribution in [1.82, 2.24) is 19.9 Å². The third-order valence-corrected chi connectivity index (χ3v) is 5.89. The highest BCUT2D eigenvalue weighted by Crippen LogP contribution is 2.30. The third-order valence-electron chi connectivity index (χ3n) is 5.89. The van der Waals surface area contributed by atoms with Crippen LogP contribution in [0.5, 0.6) is 0 Å². The van der Waals surface area contributed by atoms with Crippen LogP contribution in [0.2, 0.25) is 0 Å². The van der Waals surface area contributed by atoms with Crippen LogP contribution in [0.25, 0.3) is 5.65 Å². The molecule has 2 aliphatic rings. The van der Waals surface area contributed by atoms with Crippen LogP contribution in [0.1, 0.15) is 36.0 Å². The number of carbonyl (C=O) groups is 2. The van der Waals surface area contributed by atoms with Crippen LogP contribution in [0.3, 0.4) is 0 Å². The number of hydrogen-bond donors (Lipinski definition) is 5. The molecule has 1 saturated heterocycles. The molecule has 1 aromatic carbocycles. The van der Waals surface area contributed by atoms with Gasteiger partial charge in [-0.05, 0) is 43.9 Å². The minimum absolute atomic E-state index is 0.0363. The summed E-state index contributed by atoms with van der Waals surface area (Å²) >= 11 is 0. The zero-order chi connectivity index (χ0) is 24.4. The molecule has 0 unspecified atom stereocenters. The van der Waals surface area contributed by atoms with E-state index in [0.717, 1.165) is 31.4 Å². The molecule has 35 heavy (non-hydrogen) atoms. The fourth-order valence-electron chi connectivity index (χ4n) is 3.93. The quantitative estimate of drug-likeness (QED) is 0.343. The van der Waals surface area contributed by atoms with Gasteiger partial charge in [0.25, 0.3) is 5.91 Å². The Balaban J connectivity index is 1.44. The molecule has 0 spiro atoms. The van der Waals surface area contributed by atoms with Crippen LogP contribution in [0, 0.1) is 0 Å². The number of anilines is 5. The lowest BCUT2D eigenvalue weighted by atomic mass is 10.1. The molecular weight excluding hydrogens is 452 g/mol. The molecule has 2 aromatic heterocycles. The molecule has 12 nitrogen and oxygen atoms in total. The lowest BCUT2D eigenvalue weighted by molar-refractivity contribution is 0.0696. The van der Waals surface area contributed by atoms with Gasteiger partial charge >= 0.3 is 6.09 Å². The summed E-state index contributed by atoms with van der Waals surface area (Å²) in [5, 5.41) is 16.9. The molecule has 0 bridgehead atoms. The van der Waals surface area contributed by atoms with Gasteiger partial charge in [-0.25, -0.2) is 9.78 Å². The van der Waals surface area contributed by atoms with Gasteiger partial charge in [-0.2, -0.15) is 4.52 Å². The van der Waals surface area contributed by atoms with E-state index in [-0.39, 0.29) is 11.9 Å². The van der Waals surface area contributed by atoms with Crippen molar-refractivity contribution in [3.63, 3.8) is 0 Å². The topological polar surface area (TPSA) is 157 Å². The zero-order valence-corrected chi connectivity index (χ0v) is 19.3. The Morgan fingerprint density at radius 2 is 1.86 bits per heavy atom. The predicted octanol–water partition coefficient (Wildman–Crippen LogP) is 2.72. The Kier molecular flexibility index (Phi) is 6.27. The number of methoxy groups -OCH3 is 1. The second-order valence-corrected chi connectivity index (χ2v) is 8.68. The molecular formula is C23H28N8O4. The van der Waals surface area contributed by atoms with E-state index >= 15 is 0 Å². The van der Waals surface area contributed by atoms with Crippen LogP contribution in [-0.4, -0.2) is 59.0 Å². The van der Waals surface area contributed by atoms with Crippen molar-refractivity contribution in [3.05, 3.63) is 36.0 Å². The van der Waals surface area contributed by atoms with Gasteiger partial charge in [-0.15, -0.1) is 5.10 Å². The monoisotopic (exact) mass is 480 g/mol. The number of nitrogens with one attached hydrogen (secondary N) is 4. The van der Waals surface area contributed by atoms with Gasteiger partial charge in [-0.1, -0.05) is 0 Å². The molecule has 184 valence electrons. The van der Waals surface area contributed by atoms with E-state index in [0.29, 0.717) is 53.5 Å². The summed E-state index contributed by atoms with van der Waals surface area (Å²) in [5.74, 6) is 0.656. The SMILES string of the molecule is COC(=O)Nc1cc(Nc2cc(NC3CC3)c3ncc(N)n3n2)cc(C(=O)NC2CCOCC2)c1. The molecule has 12 heteroatoms. The second-order valence-electron chi connectivity index (χ2n) is 8.68. The number of imidazole rings is 1. The summed E-state index contributed by atoms with van der Waals surface area (Å²) < 4.78 is 11.6. The van der Waals surface area contributed by atoms with Gasteiger partial charge in [0.15, 0.2) is 11.5 Å². The van der Waals surface area contributed by atoms with Crippen molar-refractivity contribution in [2.75, 3.05) is 42.0 Å². The Morgan fingerprint density at radius 3 is 2.60 bits per heavy atom. The van der Waals surface area contributed by atoms with E-state index in [4.69, 9.17) is 15.2 Å². The van der Waals surface area contributed by atoms with Crippen molar-refractivity contribution >= 4 is 46.3 Å². The maximum atomic E-state index is 13.0. The van der Waals surface area contributed by atoms with Crippen LogP contribution in [-0.2, 0) is 9.47 Å². The number of nitrogens with two attached hydrogens (primary N) is 1. The summed E-state index contributed by atoms with van der Waals surface area (Å²) in [7, 11) is 1.28. The summed E-state index contributed by atoms with van der Waals surface area (Å²) in [5.41, 5.74) is 8.84. The number of fused-ring (bicyclic) bond motifs is 1. The largest absolute Gasteiger partial charge is 0.453 e. The third kappa shape index (κ3) is 5.38. The molecule has 3 aromatic rings. The van der Waals surface area contributed by atoms with Crippen molar-refractivity contribution in [2.24, 2.45) is 0 Å². The molecule has 3 heterocycles. The first-order valence-electron chi connectivity index (χ1n) is 11.5. The Morgan fingerprint density at radius 1 is 1.09 bits per heavy atom. The average Bonchev–Trinajstić information content (AvgIpc) is 3.59. The number of ether oxygens (including phenoxy) is 2. The van der Waals surface area contributed by atoms with E-state index in [1.807, 2.05) is 6.07 Å². The zero-order valence-electron chi connectivity index (χ0n) is 19.3. The lowest BCUT2D eigenvalue weighted by Gasteiger charge is -2.23. The highest BCUT2D eigenvalue weighted by atomic mass is 16.5. The highest BCUT2D eigenvalue weighted by molar-refractivity contribution is 5.98. The molecule has 5 rings (SSSR count). The first kappa shape index (κ1) is 22.7. The van der Waals surface area contributed by atoms with Crippen molar-refractivity contribution in [2.45, 2.75) is 37.8 Å². The molecule has 0 atom stereocenters. The summed E-state index contributed by atoms with van der Waals surface area (Å²) in [4.78, 5) is 29.2. The summed E-state index contributed by atoms with van der Waals surface area (Å²) in [6, 6.07) is 7.28. The smallest absolute Gasteiger partial charge is 0.411 e. The Hall–Kier alpha value is -4.06. The highest BCUT2D eigenvalue weighted by Gasteiger charge is 2.23. The van der Waals surface area contributed by atoms with Crippen LogP contribution >= 0.6 is 0 Å². The second kappa shape index (κ2) is 9.66. The number of nitrogen functional groups attached to an aromatic ring is 1. The molecule has 1 aliphatic carbocycles. The maximum absolute atomic E-state index is 13.0. The van der Waals surface area contributed by atoms with Crippen molar-refractivity contribution in [1.29, 1.82) is 0 Å². The first-order valence-corrected chi connectivity index (χ1v) is 11.5. The van der Waals surface area contributed by atoms with Gasteiger partial charge in [0.2, 0.25) is 0 Å². The average molecular weight is 481 g/mol. The minimum Gasteiger partial charge on any atom is -0.453 e. The number of carbonyl (C=O) groups excluding carboxylic acids is 2. The fraction of sp³-hybridized carbons (Fsp3) is 0.391. The number of nitrogens with zero attached hydrogens (tertiary/aromatic N) is 3. The Labute approximate surface area is 201 Å². The summed E-state index contributed by atoms with van der Waals surface area (Å²) in [6.45, 7) is 1.23. The number of aromatic nitrogens is 3. The van der Waals surface area contributed by atoms with E-state index in [1.165, 1.54) is 7.11 Å². The molecule has 1 saturated carbocycles. The van der Waals surface area contributed by atoms with Crippen LogP contribution in [0.15, 0.2) is 30.5 Å². The molecule has 6 N–H and O–H groups in total. The van der Waals surface area contributed by atoms with Crippen molar-refractivity contribution < 1.29 is 19.1 Å². The number of rotatable bonds is 7. The van der Waals surface area contributed by atoms with Crippen LogP contribution in [0.4, 0.5) is 33.5 Å². The molecule has 0 radical (unpaired) electrons. The molecule has 2 fully saturated rings. The van der Waals surface area contributed by atoms with Crippen LogP contribution < -0.4 is 27.0 Å². The fourth-order valence-corrected chi connectivity index (χ4v) is 3.93.